The molecule has 132 valence electrons. The second kappa shape index (κ2) is 7.19. The van der Waals surface area contributed by atoms with Gasteiger partial charge in [0.2, 0.25) is 0 Å². The number of rotatable bonds is 4. The Morgan fingerprint density at radius 2 is 2.04 bits per heavy atom. The van der Waals surface area contributed by atoms with Crippen LogP contribution in [0.15, 0.2) is 30.3 Å². The smallest absolute Gasteiger partial charge is 0.338 e. The summed E-state index contributed by atoms with van der Waals surface area (Å²) in [5, 5.41) is 29.1. The van der Waals surface area contributed by atoms with Gasteiger partial charge in [0.1, 0.15) is 6.10 Å². The van der Waals surface area contributed by atoms with Crippen molar-refractivity contribution in [2.45, 2.75) is 49.6 Å². The number of aliphatic hydroxyl groups excluding tert-OH is 1. The molecule has 3 rings (SSSR count). The summed E-state index contributed by atoms with van der Waals surface area (Å²) in [5.74, 6) is -1.35. The highest BCUT2D eigenvalue weighted by molar-refractivity contribution is 5.78. The van der Waals surface area contributed by atoms with Crippen molar-refractivity contribution in [1.82, 2.24) is 4.90 Å². The summed E-state index contributed by atoms with van der Waals surface area (Å²) in [5.41, 5.74) is -0.850. The molecule has 0 aliphatic carbocycles. The number of aliphatic carboxylic acids is 1. The molecule has 0 spiro atoms. The minimum atomic E-state index is -2.03. The first-order valence-electron chi connectivity index (χ1n) is 8.55. The van der Waals surface area contributed by atoms with Crippen molar-refractivity contribution in [1.29, 1.82) is 0 Å². The topological polar surface area (TPSA) is 90.2 Å². The van der Waals surface area contributed by atoms with Crippen LogP contribution in [0.25, 0.3) is 0 Å². The largest absolute Gasteiger partial charge is 0.479 e. The molecule has 2 heterocycles. The van der Waals surface area contributed by atoms with Gasteiger partial charge in [0.15, 0.2) is 5.60 Å². The Hall–Kier alpha value is -1.47. The predicted molar refractivity (Wildman–Crippen MR) is 87.6 cm³/mol. The van der Waals surface area contributed by atoms with Crippen molar-refractivity contribution in [3.8, 4) is 0 Å². The van der Waals surface area contributed by atoms with Gasteiger partial charge in [0.05, 0.1) is 12.2 Å². The van der Waals surface area contributed by atoms with Gasteiger partial charge in [0.25, 0.3) is 0 Å². The third-order valence-corrected chi connectivity index (χ3v) is 5.14. The molecule has 0 radical (unpaired) electrons. The molecular formula is C18H25NO5. The van der Waals surface area contributed by atoms with Gasteiger partial charge >= 0.3 is 5.97 Å². The van der Waals surface area contributed by atoms with E-state index in [4.69, 9.17) is 9.84 Å². The third kappa shape index (κ3) is 3.62. The first kappa shape index (κ1) is 17.4. The van der Waals surface area contributed by atoms with E-state index in [0.29, 0.717) is 13.1 Å². The number of piperidine rings is 1. The fraction of sp³-hybridized carbons (Fsp3) is 0.611. The highest BCUT2D eigenvalue weighted by Crippen LogP contribution is 2.32. The van der Waals surface area contributed by atoms with Crippen LogP contribution in [0.2, 0.25) is 0 Å². The summed E-state index contributed by atoms with van der Waals surface area (Å²) in [7, 11) is 0. The zero-order valence-electron chi connectivity index (χ0n) is 13.7. The van der Waals surface area contributed by atoms with Crippen molar-refractivity contribution in [3.05, 3.63) is 35.9 Å². The quantitative estimate of drug-likeness (QED) is 0.765. The normalized spacial score (nSPS) is 34.8. The molecule has 0 aromatic heterocycles. The van der Waals surface area contributed by atoms with Crippen LogP contribution in [0, 0.1) is 0 Å². The van der Waals surface area contributed by atoms with Gasteiger partial charge in [-0.3, -0.25) is 4.90 Å². The molecule has 0 bridgehead atoms. The molecule has 1 aromatic carbocycles. The maximum absolute atomic E-state index is 11.1. The number of ether oxygens (including phenoxy) is 1. The van der Waals surface area contributed by atoms with E-state index in [-0.39, 0.29) is 25.2 Å². The lowest BCUT2D eigenvalue weighted by atomic mass is 9.88. The maximum atomic E-state index is 11.1. The summed E-state index contributed by atoms with van der Waals surface area (Å²) in [4.78, 5) is 13.1. The van der Waals surface area contributed by atoms with Gasteiger partial charge in [-0.05, 0) is 24.8 Å². The van der Waals surface area contributed by atoms with Crippen LogP contribution < -0.4 is 0 Å². The number of benzene rings is 1. The first-order valence-corrected chi connectivity index (χ1v) is 8.55. The van der Waals surface area contributed by atoms with E-state index in [2.05, 4.69) is 12.1 Å². The fourth-order valence-corrected chi connectivity index (χ4v) is 3.63. The van der Waals surface area contributed by atoms with Crippen LogP contribution in [0.4, 0.5) is 0 Å². The third-order valence-electron chi connectivity index (χ3n) is 5.14. The number of carboxylic acid groups (broad SMARTS) is 1. The summed E-state index contributed by atoms with van der Waals surface area (Å²) in [6, 6.07) is 10.2. The molecule has 2 fully saturated rings. The van der Waals surface area contributed by atoms with Crippen molar-refractivity contribution in [2.24, 2.45) is 0 Å². The molecule has 4 atom stereocenters. The highest BCUT2D eigenvalue weighted by atomic mass is 16.5. The molecule has 6 nitrogen and oxygen atoms in total. The van der Waals surface area contributed by atoms with Gasteiger partial charge in [0, 0.05) is 26.1 Å². The minimum absolute atomic E-state index is 0.0261. The van der Waals surface area contributed by atoms with Crippen LogP contribution >= 0.6 is 0 Å². The van der Waals surface area contributed by atoms with E-state index in [0.717, 1.165) is 19.3 Å². The number of carbonyl (C=O) groups is 1. The molecule has 2 unspecified atom stereocenters. The zero-order chi connectivity index (χ0) is 17.2. The molecule has 0 saturated carbocycles. The molecule has 0 amide bonds. The van der Waals surface area contributed by atoms with Crippen LogP contribution in [-0.2, 0) is 9.53 Å². The average molecular weight is 335 g/mol. The number of aliphatic hydroxyl groups is 2. The first-order chi connectivity index (χ1) is 11.5. The predicted octanol–water partition coefficient (Wildman–Crippen LogP) is 1.18. The summed E-state index contributed by atoms with van der Waals surface area (Å²) >= 11 is 0. The molecule has 2 saturated heterocycles. The van der Waals surface area contributed by atoms with E-state index < -0.39 is 17.7 Å². The van der Waals surface area contributed by atoms with Gasteiger partial charge in [-0.2, -0.15) is 0 Å². The van der Waals surface area contributed by atoms with E-state index in [1.165, 1.54) is 5.56 Å². The molecule has 2 aliphatic rings. The van der Waals surface area contributed by atoms with Gasteiger partial charge in [-0.25, -0.2) is 4.79 Å². The zero-order valence-corrected chi connectivity index (χ0v) is 13.7. The number of hydrogen-bond donors (Lipinski definition) is 3. The lowest BCUT2D eigenvalue weighted by Crippen LogP contribution is -2.60. The standard InChI is InChI=1S/C18H25NO5/c20-16-12-19(10-9-18(16,23)17(21)22)11-14-7-4-8-15(24-14)13-5-2-1-3-6-13/h1-3,5-6,14-16,20,23H,4,7-12H2,(H,21,22)/t14?,15?,16-,18+/m1/s1. The molecule has 2 aliphatic heterocycles. The number of β-amino-alcohol motifs (C(OH)–C–C–N with tert-alkyl or cyclic N) is 1. The van der Waals surface area contributed by atoms with Gasteiger partial charge < -0.3 is 20.1 Å². The Morgan fingerprint density at radius 1 is 1.29 bits per heavy atom. The molecule has 24 heavy (non-hydrogen) atoms. The van der Waals surface area contributed by atoms with E-state index in [1.54, 1.807) is 0 Å². The number of likely N-dealkylation sites (tertiary alicyclic amines) is 1. The monoisotopic (exact) mass is 335 g/mol. The average Bonchev–Trinajstić information content (AvgIpc) is 2.59. The second-order valence-electron chi connectivity index (χ2n) is 6.84. The van der Waals surface area contributed by atoms with Crippen molar-refractivity contribution < 1.29 is 24.9 Å². The molecular weight excluding hydrogens is 310 g/mol. The lowest BCUT2D eigenvalue weighted by Gasteiger charge is -2.41. The van der Waals surface area contributed by atoms with E-state index >= 15 is 0 Å². The van der Waals surface area contributed by atoms with Gasteiger partial charge in [-0.1, -0.05) is 30.3 Å². The van der Waals surface area contributed by atoms with Crippen LogP contribution in [-0.4, -0.2) is 63.6 Å². The number of carboxylic acids is 1. The Labute approximate surface area is 141 Å². The number of nitrogens with zero attached hydrogens (tertiary/aromatic N) is 1. The van der Waals surface area contributed by atoms with E-state index in [1.807, 2.05) is 23.1 Å². The fourth-order valence-electron chi connectivity index (χ4n) is 3.63. The molecule has 3 N–H and O–H groups in total. The van der Waals surface area contributed by atoms with Crippen LogP contribution in [0.1, 0.15) is 37.4 Å². The Balaban J connectivity index is 1.56. The Morgan fingerprint density at radius 3 is 2.71 bits per heavy atom. The Bertz CT molecular complexity index is 566. The molecule has 1 aromatic rings. The summed E-state index contributed by atoms with van der Waals surface area (Å²) < 4.78 is 6.21. The lowest BCUT2D eigenvalue weighted by molar-refractivity contribution is -0.182. The van der Waals surface area contributed by atoms with Crippen LogP contribution in [0.3, 0.4) is 0 Å². The minimum Gasteiger partial charge on any atom is -0.479 e. The van der Waals surface area contributed by atoms with E-state index in [9.17, 15) is 15.0 Å². The SMILES string of the molecule is O=C(O)[C@]1(O)CCN(CC2CCCC(c3ccccc3)O2)C[C@H]1O. The molecule has 6 heteroatoms. The van der Waals surface area contributed by atoms with Crippen LogP contribution in [0.5, 0.6) is 0 Å². The number of hydrogen-bond acceptors (Lipinski definition) is 5. The van der Waals surface area contributed by atoms with Crippen molar-refractivity contribution >= 4 is 5.97 Å². The van der Waals surface area contributed by atoms with Crippen molar-refractivity contribution in [2.75, 3.05) is 19.6 Å². The summed E-state index contributed by atoms with van der Waals surface area (Å²) in [6.07, 6.45) is 1.94. The van der Waals surface area contributed by atoms with Crippen molar-refractivity contribution in [3.63, 3.8) is 0 Å². The second-order valence-corrected chi connectivity index (χ2v) is 6.84. The van der Waals surface area contributed by atoms with Gasteiger partial charge in [-0.15, -0.1) is 0 Å². The maximum Gasteiger partial charge on any atom is 0.338 e. The summed E-state index contributed by atoms with van der Waals surface area (Å²) in [6.45, 7) is 1.24. The highest BCUT2D eigenvalue weighted by Gasteiger charge is 2.47. The Kier molecular flexibility index (Phi) is 5.20.